The maximum absolute atomic E-state index is 12.7. The summed E-state index contributed by atoms with van der Waals surface area (Å²) >= 11 is 1.29. The number of amides is 1. The molecule has 2 aromatic heterocycles. The Morgan fingerprint density at radius 3 is 2.71 bits per heavy atom. The molecule has 31 heavy (non-hydrogen) atoms. The van der Waals surface area contributed by atoms with Crippen LogP contribution in [0.4, 0.5) is 22.5 Å². The van der Waals surface area contributed by atoms with Crippen LogP contribution >= 0.6 is 11.3 Å². The topological polar surface area (TPSA) is 130 Å². The Kier molecular flexibility index (Phi) is 5.23. The summed E-state index contributed by atoms with van der Waals surface area (Å²) in [7, 11) is 0. The molecule has 0 spiro atoms. The van der Waals surface area contributed by atoms with Crippen molar-refractivity contribution in [1.82, 2.24) is 15.0 Å². The number of rotatable bonds is 5. The normalized spacial score (nSPS) is 11.1. The summed E-state index contributed by atoms with van der Waals surface area (Å²) in [5.41, 5.74) is 8.28. The third kappa shape index (κ3) is 4.44. The zero-order valence-electron chi connectivity index (χ0n) is 16.9. The molecule has 0 aliphatic heterocycles. The number of thiazole rings is 1. The zero-order chi connectivity index (χ0) is 22.0. The predicted octanol–water partition coefficient (Wildman–Crippen LogP) is 4.47. The number of hydrogen-bond acceptors (Lipinski definition) is 8. The number of nitrogens with one attached hydrogen (secondary N) is 2. The van der Waals surface area contributed by atoms with Crippen molar-refractivity contribution in [1.29, 1.82) is 5.26 Å². The summed E-state index contributed by atoms with van der Waals surface area (Å²) < 4.78 is 0. The Morgan fingerprint density at radius 1 is 1.13 bits per heavy atom. The van der Waals surface area contributed by atoms with Crippen LogP contribution in [-0.4, -0.2) is 20.9 Å². The molecular weight excluding hydrogens is 410 g/mol. The molecule has 2 aromatic carbocycles. The van der Waals surface area contributed by atoms with E-state index in [1.165, 1.54) is 11.3 Å². The second kappa shape index (κ2) is 8.01. The fraction of sp³-hybridized carbons (Fsp3) is 0.136. The quantitative estimate of drug-likeness (QED) is 0.427. The molecule has 0 radical (unpaired) electrons. The number of anilines is 4. The summed E-state index contributed by atoms with van der Waals surface area (Å²) in [6.45, 7) is 3.64. The Balaban J connectivity index is 1.51. The van der Waals surface area contributed by atoms with Crippen molar-refractivity contribution >= 4 is 50.0 Å². The van der Waals surface area contributed by atoms with E-state index in [9.17, 15) is 10.1 Å². The van der Waals surface area contributed by atoms with E-state index in [2.05, 4.69) is 31.7 Å². The van der Waals surface area contributed by atoms with Crippen LogP contribution in [0.3, 0.4) is 0 Å². The Bertz CT molecular complexity index is 1320. The molecule has 1 amide bonds. The van der Waals surface area contributed by atoms with Crippen molar-refractivity contribution < 1.29 is 4.79 Å². The van der Waals surface area contributed by atoms with Gasteiger partial charge in [0.2, 0.25) is 5.95 Å². The molecule has 0 unspecified atom stereocenters. The average Bonchev–Trinajstić information content (AvgIpc) is 3.13. The van der Waals surface area contributed by atoms with Gasteiger partial charge in [0.25, 0.3) is 5.91 Å². The van der Waals surface area contributed by atoms with E-state index in [4.69, 9.17) is 5.73 Å². The predicted molar refractivity (Wildman–Crippen MR) is 122 cm³/mol. The van der Waals surface area contributed by atoms with Gasteiger partial charge in [0.1, 0.15) is 5.52 Å². The smallest absolute Gasteiger partial charge is 0.255 e. The molecule has 4 N–H and O–H groups in total. The van der Waals surface area contributed by atoms with Crippen LogP contribution < -0.4 is 16.4 Å². The molecular formula is C22H19N7OS. The molecule has 0 saturated heterocycles. The molecule has 0 aliphatic rings. The van der Waals surface area contributed by atoms with Gasteiger partial charge in [-0.2, -0.15) is 10.2 Å². The largest absolute Gasteiger partial charge is 0.375 e. The van der Waals surface area contributed by atoms with Crippen LogP contribution in [0.15, 0.2) is 54.7 Å². The number of carbonyl (C=O) groups excluding carboxylic acids is 1. The van der Waals surface area contributed by atoms with Gasteiger partial charge in [0.15, 0.2) is 9.96 Å². The lowest BCUT2D eigenvalue weighted by atomic mass is 9.85. The van der Waals surface area contributed by atoms with Crippen molar-refractivity contribution in [3.8, 4) is 6.07 Å². The van der Waals surface area contributed by atoms with Gasteiger partial charge in [-0.25, -0.2) is 9.97 Å². The highest BCUT2D eigenvalue weighted by Crippen LogP contribution is 2.25. The summed E-state index contributed by atoms with van der Waals surface area (Å²) in [6, 6.07) is 16.6. The van der Waals surface area contributed by atoms with Gasteiger partial charge >= 0.3 is 0 Å². The van der Waals surface area contributed by atoms with E-state index in [1.807, 2.05) is 32.0 Å². The number of nitriles is 1. The minimum atomic E-state index is -0.677. The number of aromatic nitrogens is 3. The molecule has 9 heteroatoms. The van der Waals surface area contributed by atoms with Gasteiger partial charge in [-0.1, -0.05) is 29.5 Å². The van der Waals surface area contributed by atoms with Crippen molar-refractivity contribution in [2.75, 3.05) is 16.4 Å². The first-order valence-corrected chi connectivity index (χ1v) is 10.2. The molecule has 8 nitrogen and oxygen atoms in total. The third-order valence-electron chi connectivity index (χ3n) is 4.67. The van der Waals surface area contributed by atoms with Crippen molar-refractivity contribution in [2.24, 2.45) is 0 Å². The van der Waals surface area contributed by atoms with E-state index in [0.29, 0.717) is 38.4 Å². The number of nitrogens with two attached hydrogens (primary N) is 1. The monoisotopic (exact) mass is 429 g/mol. The van der Waals surface area contributed by atoms with E-state index >= 15 is 0 Å². The lowest BCUT2D eigenvalue weighted by Gasteiger charge is -2.16. The Morgan fingerprint density at radius 2 is 1.90 bits per heavy atom. The van der Waals surface area contributed by atoms with Gasteiger partial charge in [-0.3, -0.25) is 4.79 Å². The molecule has 4 rings (SSSR count). The van der Waals surface area contributed by atoms with Crippen molar-refractivity contribution in [2.45, 2.75) is 19.3 Å². The fourth-order valence-corrected chi connectivity index (χ4v) is 3.61. The molecule has 0 bridgehead atoms. The molecule has 0 atom stereocenters. The molecule has 4 aromatic rings. The van der Waals surface area contributed by atoms with E-state index in [0.717, 1.165) is 5.56 Å². The molecule has 0 aliphatic carbocycles. The molecule has 154 valence electrons. The van der Waals surface area contributed by atoms with Crippen LogP contribution in [0.2, 0.25) is 0 Å². The summed E-state index contributed by atoms with van der Waals surface area (Å²) in [5.74, 6) is 0.150. The number of carbonyl (C=O) groups is 1. The number of nitrogens with zero attached hydrogens (tertiary/aromatic N) is 4. The lowest BCUT2D eigenvalue weighted by Crippen LogP contribution is -2.17. The lowest BCUT2D eigenvalue weighted by molar-refractivity contribution is 0.102. The summed E-state index contributed by atoms with van der Waals surface area (Å²) in [5, 5.41) is 15.8. The Hall–Kier alpha value is -4.03. The Labute approximate surface area is 182 Å². The van der Waals surface area contributed by atoms with Crippen LogP contribution in [0.25, 0.3) is 10.3 Å². The van der Waals surface area contributed by atoms with Crippen molar-refractivity contribution in [3.05, 3.63) is 65.9 Å². The van der Waals surface area contributed by atoms with E-state index < -0.39 is 5.41 Å². The number of hydrogen-bond donors (Lipinski definition) is 3. The summed E-state index contributed by atoms with van der Waals surface area (Å²) in [6.07, 6.45) is 1.61. The number of fused-ring (bicyclic) bond motifs is 1. The van der Waals surface area contributed by atoms with E-state index in [1.54, 1.807) is 36.5 Å². The van der Waals surface area contributed by atoms with Crippen LogP contribution in [0.1, 0.15) is 29.8 Å². The van der Waals surface area contributed by atoms with Crippen molar-refractivity contribution in [3.63, 3.8) is 0 Å². The van der Waals surface area contributed by atoms with Gasteiger partial charge in [0.05, 0.1) is 17.7 Å². The second-order valence-corrected chi connectivity index (χ2v) is 8.42. The number of nitrogen functional groups attached to an aromatic ring is 1. The summed E-state index contributed by atoms with van der Waals surface area (Å²) in [4.78, 5) is 26.2. The van der Waals surface area contributed by atoms with Gasteiger partial charge in [-0.15, -0.1) is 0 Å². The highest BCUT2D eigenvalue weighted by molar-refractivity contribution is 7.21. The second-order valence-electron chi connectivity index (χ2n) is 7.41. The SMILES string of the molecule is CC(C)(C#N)c1cccc(C(=O)Nc2cccc(Nc3ncc4nc(N)sc4n3)c2)c1. The minimum Gasteiger partial charge on any atom is -0.375 e. The fourth-order valence-electron chi connectivity index (χ4n) is 2.93. The standard InChI is InChI=1S/C22H19N7OS/c1-22(2,12-23)14-6-3-5-13(9-14)18(30)26-15-7-4-8-16(10-15)27-21-25-11-17-19(29-21)31-20(24)28-17/h3-11H,1-2H3,(H2,24,28)(H,26,30)(H,25,27,29). The zero-order valence-corrected chi connectivity index (χ0v) is 17.7. The average molecular weight is 430 g/mol. The molecule has 0 fully saturated rings. The van der Waals surface area contributed by atoms with Crippen LogP contribution in [0, 0.1) is 11.3 Å². The minimum absolute atomic E-state index is 0.259. The van der Waals surface area contributed by atoms with Gasteiger partial charge in [0, 0.05) is 16.9 Å². The van der Waals surface area contributed by atoms with Crippen LogP contribution in [0.5, 0.6) is 0 Å². The first kappa shape index (κ1) is 20.3. The molecule has 0 saturated carbocycles. The highest BCUT2D eigenvalue weighted by Gasteiger charge is 2.20. The van der Waals surface area contributed by atoms with Crippen LogP contribution in [-0.2, 0) is 5.41 Å². The maximum Gasteiger partial charge on any atom is 0.255 e. The number of benzene rings is 2. The first-order valence-electron chi connectivity index (χ1n) is 9.43. The van der Waals surface area contributed by atoms with E-state index in [-0.39, 0.29) is 5.91 Å². The maximum atomic E-state index is 12.7. The van der Waals surface area contributed by atoms with Gasteiger partial charge < -0.3 is 16.4 Å². The highest BCUT2D eigenvalue weighted by atomic mass is 32.1. The first-order chi connectivity index (χ1) is 14.8. The third-order valence-corrected chi connectivity index (χ3v) is 5.46. The van der Waals surface area contributed by atoms with Gasteiger partial charge in [-0.05, 0) is 49.7 Å². The molecule has 2 heterocycles.